The third-order valence-electron chi connectivity index (χ3n) is 5.77. The van der Waals surface area contributed by atoms with E-state index in [0.717, 1.165) is 6.42 Å². The fourth-order valence-corrected chi connectivity index (χ4v) is 4.43. The van der Waals surface area contributed by atoms with Crippen LogP contribution in [0.2, 0.25) is 0 Å². The fourth-order valence-electron chi connectivity index (χ4n) is 4.43. The maximum atomic E-state index is 12.7. The maximum absolute atomic E-state index is 12.7. The standard InChI is InChI=1S/C16H28F3N/c1-2-11-5-3-4-6-14(11)15(20)12-7-9-13(10-8-12)16(17,18)19/h11-15H,2-10,20H2,1H3. The number of halogens is 3. The van der Waals surface area contributed by atoms with Gasteiger partial charge < -0.3 is 5.73 Å². The Morgan fingerprint density at radius 2 is 1.60 bits per heavy atom. The topological polar surface area (TPSA) is 26.0 Å². The first kappa shape index (κ1) is 16.1. The molecular formula is C16H28F3N. The van der Waals surface area contributed by atoms with Crippen LogP contribution in [-0.4, -0.2) is 12.2 Å². The molecule has 0 amide bonds. The lowest BCUT2D eigenvalue weighted by molar-refractivity contribution is -0.184. The minimum absolute atomic E-state index is 0.120. The first-order valence-corrected chi connectivity index (χ1v) is 8.25. The second kappa shape index (κ2) is 6.67. The van der Waals surface area contributed by atoms with E-state index in [1.165, 1.54) is 25.7 Å². The number of nitrogens with two attached hydrogens (primary N) is 1. The Morgan fingerprint density at radius 1 is 1.00 bits per heavy atom. The number of rotatable bonds is 3. The van der Waals surface area contributed by atoms with E-state index in [9.17, 15) is 13.2 Å². The van der Waals surface area contributed by atoms with Gasteiger partial charge in [0.15, 0.2) is 0 Å². The van der Waals surface area contributed by atoms with Crippen LogP contribution in [-0.2, 0) is 0 Å². The van der Waals surface area contributed by atoms with Gasteiger partial charge in [0.05, 0.1) is 5.92 Å². The largest absolute Gasteiger partial charge is 0.391 e. The summed E-state index contributed by atoms with van der Waals surface area (Å²) in [5, 5.41) is 0. The summed E-state index contributed by atoms with van der Waals surface area (Å²) in [6, 6.07) is 0.120. The first-order chi connectivity index (χ1) is 9.43. The smallest absolute Gasteiger partial charge is 0.327 e. The molecule has 0 radical (unpaired) electrons. The molecule has 0 spiro atoms. The van der Waals surface area contributed by atoms with Crippen LogP contribution in [0.25, 0.3) is 0 Å². The average Bonchev–Trinajstić information content (AvgIpc) is 2.45. The molecule has 3 unspecified atom stereocenters. The predicted molar refractivity (Wildman–Crippen MR) is 75.2 cm³/mol. The fraction of sp³-hybridized carbons (Fsp3) is 1.00. The summed E-state index contributed by atoms with van der Waals surface area (Å²) in [6.07, 6.45) is 4.02. The molecule has 3 atom stereocenters. The van der Waals surface area contributed by atoms with Crippen LogP contribution in [0.1, 0.15) is 64.7 Å². The molecule has 2 aliphatic rings. The Balaban J connectivity index is 1.89. The predicted octanol–water partition coefficient (Wildman–Crippen LogP) is 4.90. The molecule has 2 saturated carbocycles. The molecule has 0 aromatic heterocycles. The maximum Gasteiger partial charge on any atom is 0.391 e. The molecule has 0 aromatic rings. The van der Waals surface area contributed by atoms with Gasteiger partial charge in [-0.05, 0) is 49.9 Å². The number of alkyl halides is 3. The lowest BCUT2D eigenvalue weighted by atomic mass is 9.67. The highest BCUT2D eigenvalue weighted by atomic mass is 19.4. The van der Waals surface area contributed by atoms with Gasteiger partial charge in [-0.15, -0.1) is 0 Å². The van der Waals surface area contributed by atoms with E-state index in [4.69, 9.17) is 5.73 Å². The van der Waals surface area contributed by atoms with Crippen LogP contribution >= 0.6 is 0 Å². The average molecular weight is 291 g/mol. The molecule has 0 aromatic carbocycles. The van der Waals surface area contributed by atoms with Crippen LogP contribution in [0.4, 0.5) is 13.2 Å². The molecule has 0 heterocycles. The highest BCUT2D eigenvalue weighted by Crippen LogP contribution is 2.43. The molecule has 0 bridgehead atoms. The van der Waals surface area contributed by atoms with Crippen molar-refractivity contribution in [1.82, 2.24) is 0 Å². The van der Waals surface area contributed by atoms with Crippen molar-refractivity contribution in [2.24, 2.45) is 29.4 Å². The molecule has 0 aliphatic heterocycles. The highest BCUT2D eigenvalue weighted by molar-refractivity contribution is 4.89. The van der Waals surface area contributed by atoms with Crippen molar-refractivity contribution in [3.63, 3.8) is 0 Å². The summed E-state index contributed by atoms with van der Waals surface area (Å²) in [7, 11) is 0. The van der Waals surface area contributed by atoms with Crippen molar-refractivity contribution < 1.29 is 13.2 Å². The van der Waals surface area contributed by atoms with Crippen molar-refractivity contribution in [2.75, 3.05) is 0 Å². The Bertz CT molecular complexity index is 295. The van der Waals surface area contributed by atoms with E-state index in [0.29, 0.717) is 30.6 Å². The molecule has 2 N–H and O–H groups in total. The minimum atomic E-state index is -4.01. The summed E-state index contributed by atoms with van der Waals surface area (Å²) in [6.45, 7) is 2.22. The van der Waals surface area contributed by atoms with E-state index < -0.39 is 12.1 Å². The molecular weight excluding hydrogens is 263 g/mol. The first-order valence-electron chi connectivity index (χ1n) is 8.25. The summed E-state index contributed by atoms with van der Waals surface area (Å²) in [4.78, 5) is 0. The summed E-state index contributed by atoms with van der Waals surface area (Å²) in [5.74, 6) is 0.463. The second-order valence-corrected chi connectivity index (χ2v) is 6.85. The number of hydrogen-bond donors (Lipinski definition) is 1. The van der Waals surface area contributed by atoms with Gasteiger partial charge >= 0.3 is 6.18 Å². The summed E-state index contributed by atoms with van der Waals surface area (Å²) < 4.78 is 38.1. The van der Waals surface area contributed by atoms with Gasteiger partial charge in [0.2, 0.25) is 0 Å². The lowest BCUT2D eigenvalue weighted by Crippen LogP contribution is -2.44. The molecule has 1 nitrogen and oxygen atoms in total. The Labute approximate surface area is 120 Å². The molecule has 2 aliphatic carbocycles. The Morgan fingerprint density at radius 3 is 2.15 bits per heavy atom. The van der Waals surface area contributed by atoms with E-state index in [-0.39, 0.29) is 18.9 Å². The third kappa shape index (κ3) is 3.69. The number of hydrogen-bond acceptors (Lipinski definition) is 1. The zero-order valence-corrected chi connectivity index (χ0v) is 12.5. The van der Waals surface area contributed by atoms with Crippen LogP contribution < -0.4 is 5.73 Å². The van der Waals surface area contributed by atoms with Gasteiger partial charge in [-0.3, -0.25) is 0 Å². The normalized spacial score (nSPS) is 37.6. The van der Waals surface area contributed by atoms with Crippen molar-refractivity contribution in [3.05, 3.63) is 0 Å². The monoisotopic (exact) mass is 291 g/mol. The van der Waals surface area contributed by atoms with E-state index in [2.05, 4.69) is 6.92 Å². The highest BCUT2D eigenvalue weighted by Gasteiger charge is 2.43. The molecule has 2 rings (SSSR count). The van der Waals surface area contributed by atoms with Gasteiger partial charge in [0, 0.05) is 6.04 Å². The Kier molecular flexibility index (Phi) is 5.38. The summed E-state index contributed by atoms with van der Waals surface area (Å²) in [5.41, 5.74) is 6.46. The van der Waals surface area contributed by atoms with Crippen LogP contribution in [0.15, 0.2) is 0 Å². The molecule has 4 heteroatoms. The summed E-state index contributed by atoms with van der Waals surface area (Å²) >= 11 is 0. The van der Waals surface area contributed by atoms with Gasteiger partial charge in [-0.2, -0.15) is 13.2 Å². The van der Waals surface area contributed by atoms with Crippen molar-refractivity contribution in [2.45, 2.75) is 76.9 Å². The van der Waals surface area contributed by atoms with Gasteiger partial charge in [0.1, 0.15) is 0 Å². The van der Waals surface area contributed by atoms with Gasteiger partial charge in [0.25, 0.3) is 0 Å². The Hall–Kier alpha value is -0.250. The van der Waals surface area contributed by atoms with Crippen molar-refractivity contribution in [3.8, 4) is 0 Å². The minimum Gasteiger partial charge on any atom is -0.327 e. The lowest BCUT2D eigenvalue weighted by Gasteiger charge is -2.41. The quantitative estimate of drug-likeness (QED) is 0.786. The second-order valence-electron chi connectivity index (χ2n) is 6.85. The van der Waals surface area contributed by atoms with Crippen molar-refractivity contribution >= 4 is 0 Å². The van der Waals surface area contributed by atoms with Crippen molar-refractivity contribution in [1.29, 1.82) is 0 Å². The molecule has 118 valence electrons. The van der Waals surface area contributed by atoms with E-state index >= 15 is 0 Å². The SMILES string of the molecule is CCC1CCCCC1C(N)C1CCC(C(F)(F)F)CC1. The van der Waals surface area contributed by atoms with Crippen LogP contribution in [0, 0.1) is 23.7 Å². The van der Waals surface area contributed by atoms with E-state index in [1.54, 1.807) is 0 Å². The zero-order valence-electron chi connectivity index (χ0n) is 12.5. The molecule has 20 heavy (non-hydrogen) atoms. The van der Waals surface area contributed by atoms with Gasteiger partial charge in [-0.25, -0.2) is 0 Å². The van der Waals surface area contributed by atoms with Gasteiger partial charge in [-0.1, -0.05) is 32.6 Å². The molecule has 0 saturated heterocycles. The van der Waals surface area contributed by atoms with Crippen LogP contribution in [0.3, 0.4) is 0 Å². The third-order valence-corrected chi connectivity index (χ3v) is 5.77. The molecule has 2 fully saturated rings. The van der Waals surface area contributed by atoms with E-state index in [1.807, 2.05) is 0 Å². The zero-order chi connectivity index (χ0) is 14.8. The van der Waals surface area contributed by atoms with Crippen LogP contribution in [0.5, 0.6) is 0 Å².